The normalized spacial score (nSPS) is 10.3. The molecule has 6 heteroatoms. The van der Waals surface area contributed by atoms with Crippen LogP contribution >= 0.6 is 11.6 Å². The van der Waals surface area contributed by atoms with Crippen LogP contribution in [0.3, 0.4) is 0 Å². The van der Waals surface area contributed by atoms with Crippen molar-refractivity contribution in [2.75, 3.05) is 25.6 Å². The Kier molecular flexibility index (Phi) is 3.49. The summed E-state index contributed by atoms with van der Waals surface area (Å²) < 4.78 is 1.13. The van der Waals surface area contributed by atoms with Crippen molar-refractivity contribution in [1.82, 2.24) is 9.78 Å². The van der Waals surface area contributed by atoms with E-state index >= 15 is 0 Å². The van der Waals surface area contributed by atoms with E-state index in [0.717, 1.165) is 4.68 Å². The van der Waals surface area contributed by atoms with Crippen LogP contribution in [0.25, 0.3) is 0 Å². The first-order chi connectivity index (χ1) is 6.57. The maximum Gasteiger partial charge on any atom is 0.287 e. The Morgan fingerprint density at radius 3 is 2.79 bits per heavy atom. The van der Waals surface area contributed by atoms with Gasteiger partial charge in [-0.05, 0) is 0 Å². The van der Waals surface area contributed by atoms with Gasteiger partial charge in [0.1, 0.15) is 5.02 Å². The molecule has 0 radical (unpaired) electrons. The van der Waals surface area contributed by atoms with Crippen molar-refractivity contribution in [3.05, 3.63) is 21.6 Å². The number of halogens is 1. The van der Waals surface area contributed by atoms with E-state index in [-0.39, 0.29) is 23.7 Å². The summed E-state index contributed by atoms with van der Waals surface area (Å²) in [7, 11) is 3.55. The Hall–Kier alpha value is -1.07. The summed E-state index contributed by atoms with van der Waals surface area (Å²) in [5.74, 6) is 0. The molecule has 0 amide bonds. The van der Waals surface area contributed by atoms with E-state index in [0.29, 0.717) is 5.69 Å². The Balaban J connectivity index is 3.20. The smallest absolute Gasteiger partial charge is 0.287 e. The molecule has 78 valence electrons. The van der Waals surface area contributed by atoms with Gasteiger partial charge in [-0.15, -0.1) is 0 Å². The summed E-state index contributed by atoms with van der Waals surface area (Å²) in [5, 5.41) is 12.7. The molecular formula is C8H12ClN3O2. The highest BCUT2D eigenvalue weighted by Gasteiger charge is 2.09. The summed E-state index contributed by atoms with van der Waals surface area (Å²) in [6.45, 7) is 0.0246. The predicted octanol–water partition coefficient (Wildman–Crippen LogP) is -0.0450. The van der Waals surface area contributed by atoms with Crippen molar-refractivity contribution in [2.45, 2.75) is 6.54 Å². The van der Waals surface area contributed by atoms with Gasteiger partial charge in [0.2, 0.25) is 0 Å². The van der Waals surface area contributed by atoms with Crippen LogP contribution in [0, 0.1) is 0 Å². The van der Waals surface area contributed by atoms with Gasteiger partial charge in [0.25, 0.3) is 5.56 Å². The Morgan fingerprint density at radius 1 is 1.64 bits per heavy atom. The van der Waals surface area contributed by atoms with E-state index in [9.17, 15) is 4.79 Å². The quantitative estimate of drug-likeness (QED) is 0.772. The van der Waals surface area contributed by atoms with Crippen LogP contribution in [-0.2, 0) is 6.54 Å². The van der Waals surface area contributed by atoms with Gasteiger partial charge in [-0.1, -0.05) is 11.6 Å². The lowest BCUT2D eigenvalue weighted by molar-refractivity contribution is 0.266. The molecule has 1 heterocycles. The van der Waals surface area contributed by atoms with Gasteiger partial charge in [0, 0.05) is 14.1 Å². The van der Waals surface area contributed by atoms with Crippen LogP contribution in [0.5, 0.6) is 0 Å². The van der Waals surface area contributed by atoms with Gasteiger partial charge < -0.3 is 10.0 Å². The molecular weight excluding hydrogens is 206 g/mol. The van der Waals surface area contributed by atoms with Crippen molar-refractivity contribution >= 4 is 17.3 Å². The highest BCUT2D eigenvalue weighted by molar-refractivity contribution is 6.32. The van der Waals surface area contributed by atoms with E-state index in [4.69, 9.17) is 16.7 Å². The number of aliphatic hydroxyl groups excluding tert-OH is 1. The summed E-state index contributed by atoms with van der Waals surface area (Å²) in [4.78, 5) is 13.2. The lowest BCUT2D eigenvalue weighted by atomic mass is 10.4. The third kappa shape index (κ3) is 2.05. The van der Waals surface area contributed by atoms with Crippen molar-refractivity contribution in [3.8, 4) is 0 Å². The van der Waals surface area contributed by atoms with E-state index in [1.807, 2.05) is 0 Å². The number of aromatic nitrogens is 2. The molecule has 1 N–H and O–H groups in total. The molecule has 0 aliphatic rings. The molecule has 1 aromatic rings. The molecule has 0 fully saturated rings. The van der Waals surface area contributed by atoms with Crippen molar-refractivity contribution in [2.24, 2.45) is 0 Å². The summed E-state index contributed by atoms with van der Waals surface area (Å²) in [6.07, 6.45) is 1.50. The first-order valence-corrected chi connectivity index (χ1v) is 4.49. The van der Waals surface area contributed by atoms with Crippen LogP contribution in [0.2, 0.25) is 5.02 Å². The second kappa shape index (κ2) is 4.43. The summed E-state index contributed by atoms with van der Waals surface area (Å²) >= 11 is 5.83. The van der Waals surface area contributed by atoms with Crippen molar-refractivity contribution < 1.29 is 5.11 Å². The lowest BCUT2D eigenvalue weighted by Crippen LogP contribution is -2.27. The Morgan fingerprint density at radius 2 is 2.29 bits per heavy atom. The molecule has 1 rings (SSSR count). The average molecular weight is 218 g/mol. The first kappa shape index (κ1) is 11.0. The average Bonchev–Trinajstić information content (AvgIpc) is 2.13. The predicted molar refractivity (Wildman–Crippen MR) is 54.9 cm³/mol. The molecule has 1 aromatic heterocycles. The standard InChI is InChI=1S/C8H12ClN3O2/c1-11(2)6-5-10-12(3-4-13)8(14)7(6)9/h5,13H,3-4H2,1-2H3. The zero-order chi connectivity index (χ0) is 10.7. The van der Waals surface area contributed by atoms with E-state index in [2.05, 4.69) is 5.10 Å². The molecule has 0 aromatic carbocycles. The van der Waals surface area contributed by atoms with E-state index in [1.54, 1.807) is 19.0 Å². The minimum Gasteiger partial charge on any atom is -0.394 e. The fourth-order valence-corrected chi connectivity index (χ4v) is 1.34. The van der Waals surface area contributed by atoms with Crippen LogP contribution in [-0.4, -0.2) is 35.6 Å². The molecule has 0 bridgehead atoms. The highest BCUT2D eigenvalue weighted by atomic mass is 35.5. The lowest BCUT2D eigenvalue weighted by Gasteiger charge is -2.14. The summed E-state index contributed by atoms with van der Waals surface area (Å²) in [6, 6.07) is 0. The third-order valence-corrected chi connectivity index (χ3v) is 2.12. The molecule has 0 spiro atoms. The van der Waals surface area contributed by atoms with Crippen LogP contribution in [0.15, 0.2) is 11.0 Å². The van der Waals surface area contributed by atoms with Gasteiger partial charge in [0.05, 0.1) is 25.0 Å². The Labute approximate surface area is 86.5 Å². The number of nitrogens with zero attached hydrogens (tertiary/aromatic N) is 3. The van der Waals surface area contributed by atoms with Crippen molar-refractivity contribution in [3.63, 3.8) is 0 Å². The van der Waals surface area contributed by atoms with Gasteiger partial charge in [-0.25, -0.2) is 4.68 Å². The van der Waals surface area contributed by atoms with Crippen LogP contribution < -0.4 is 10.5 Å². The molecule has 14 heavy (non-hydrogen) atoms. The molecule has 5 nitrogen and oxygen atoms in total. The van der Waals surface area contributed by atoms with Gasteiger partial charge in [-0.2, -0.15) is 5.10 Å². The monoisotopic (exact) mass is 217 g/mol. The topological polar surface area (TPSA) is 58.4 Å². The molecule has 0 aliphatic carbocycles. The fraction of sp³-hybridized carbons (Fsp3) is 0.500. The van der Waals surface area contributed by atoms with Crippen molar-refractivity contribution in [1.29, 1.82) is 0 Å². The second-order valence-electron chi connectivity index (χ2n) is 2.99. The maximum atomic E-state index is 11.5. The Bertz CT molecular complexity index is 375. The molecule has 0 aliphatic heterocycles. The molecule has 0 saturated heterocycles. The van der Waals surface area contributed by atoms with Gasteiger partial charge >= 0.3 is 0 Å². The molecule has 0 saturated carbocycles. The minimum atomic E-state index is -0.382. The number of anilines is 1. The molecule has 0 unspecified atom stereocenters. The van der Waals surface area contributed by atoms with Gasteiger partial charge in [0.15, 0.2) is 0 Å². The number of hydrogen-bond acceptors (Lipinski definition) is 4. The zero-order valence-electron chi connectivity index (χ0n) is 8.07. The summed E-state index contributed by atoms with van der Waals surface area (Å²) in [5.41, 5.74) is 0.192. The molecule has 0 atom stereocenters. The fourth-order valence-electron chi connectivity index (χ4n) is 1.02. The first-order valence-electron chi connectivity index (χ1n) is 4.11. The van der Waals surface area contributed by atoms with Crippen LogP contribution in [0.1, 0.15) is 0 Å². The SMILES string of the molecule is CN(C)c1cnn(CCO)c(=O)c1Cl. The number of hydrogen-bond donors (Lipinski definition) is 1. The number of aliphatic hydroxyl groups is 1. The third-order valence-electron chi connectivity index (χ3n) is 1.76. The maximum absolute atomic E-state index is 11.5. The minimum absolute atomic E-state index is 0.124. The van der Waals surface area contributed by atoms with Gasteiger partial charge in [-0.3, -0.25) is 4.79 Å². The zero-order valence-corrected chi connectivity index (χ0v) is 8.82. The second-order valence-corrected chi connectivity index (χ2v) is 3.37. The largest absolute Gasteiger partial charge is 0.394 e. The highest BCUT2D eigenvalue weighted by Crippen LogP contribution is 2.17. The number of rotatable bonds is 3. The van der Waals surface area contributed by atoms with E-state index < -0.39 is 0 Å². The van der Waals surface area contributed by atoms with Crippen LogP contribution in [0.4, 0.5) is 5.69 Å². The van der Waals surface area contributed by atoms with E-state index in [1.165, 1.54) is 6.20 Å².